The zero-order valence-corrected chi connectivity index (χ0v) is 12.5. The summed E-state index contributed by atoms with van der Waals surface area (Å²) in [6, 6.07) is 7.75. The minimum absolute atomic E-state index is 0.106. The number of carbonyl (C=O) groups excluding carboxylic acids is 1. The average molecular weight is 301 g/mol. The van der Waals surface area contributed by atoms with Gasteiger partial charge in [0.05, 0.1) is 11.5 Å². The van der Waals surface area contributed by atoms with Gasteiger partial charge in [-0.05, 0) is 25.0 Å². The topological polar surface area (TPSA) is 66.8 Å². The van der Waals surface area contributed by atoms with Crippen molar-refractivity contribution in [3.05, 3.63) is 35.4 Å². The van der Waals surface area contributed by atoms with Gasteiger partial charge in [0.2, 0.25) is 0 Å². The SMILES string of the molecule is C[C@H](CN(C(=O)C1=Cc2ccccc2OC1)C1CC1)C(=O)O. The fraction of sp³-hybridized carbons (Fsp3) is 0.412. The van der Waals surface area contributed by atoms with E-state index in [0.29, 0.717) is 5.57 Å². The number of rotatable bonds is 5. The molecule has 2 aliphatic rings. The van der Waals surface area contributed by atoms with Crippen LogP contribution < -0.4 is 4.74 Å². The number of ether oxygens (including phenoxy) is 1. The Bertz CT molecular complexity index is 633. The van der Waals surface area contributed by atoms with Crippen LogP contribution in [0.5, 0.6) is 5.75 Å². The maximum absolute atomic E-state index is 12.7. The molecule has 1 fully saturated rings. The van der Waals surface area contributed by atoms with Crippen molar-refractivity contribution < 1.29 is 19.4 Å². The minimum atomic E-state index is -0.877. The number of hydrogen-bond donors (Lipinski definition) is 1. The highest BCUT2D eigenvalue weighted by Gasteiger charge is 2.36. The Morgan fingerprint density at radius 3 is 2.77 bits per heavy atom. The monoisotopic (exact) mass is 301 g/mol. The van der Waals surface area contributed by atoms with Crippen LogP contribution in [-0.2, 0) is 9.59 Å². The number of aliphatic carboxylic acids is 1. The van der Waals surface area contributed by atoms with Gasteiger partial charge in [0.1, 0.15) is 12.4 Å². The standard InChI is InChI=1S/C17H19NO4/c1-11(17(20)21)9-18(14-6-7-14)16(19)13-8-12-4-2-3-5-15(12)22-10-13/h2-5,8,11,14H,6-7,9-10H2,1H3,(H,20,21)/t11-/m1/s1. The van der Waals surface area contributed by atoms with E-state index in [1.165, 1.54) is 0 Å². The van der Waals surface area contributed by atoms with Crippen LogP contribution >= 0.6 is 0 Å². The Kier molecular flexibility index (Phi) is 3.88. The molecule has 0 bridgehead atoms. The van der Waals surface area contributed by atoms with Gasteiger partial charge in [0, 0.05) is 18.2 Å². The summed E-state index contributed by atoms with van der Waals surface area (Å²) < 4.78 is 5.63. The summed E-state index contributed by atoms with van der Waals surface area (Å²) >= 11 is 0. The van der Waals surface area contributed by atoms with Crippen molar-refractivity contribution in [1.82, 2.24) is 4.90 Å². The van der Waals surface area contributed by atoms with Crippen molar-refractivity contribution >= 4 is 18.0 Å². The molecule has 5 heteroatoms. The average Bonchev–Trinajstić information content (AvgIpc) is 3.35. The fourth-order valence-corrected chi connectivity index (χ4v) is 2.58. The molecule has 5 nitrogen and oxygen atoms in total. The van der Waals surface area contributed by atoms with Crippen LogP contribution in [0.3, 0.4) is 0 Å². The van der Waals surface area contributed by atoms with Gasteiger partial charge in [0.25, 0.3) is 5.91 Å². The van der Waals surface area contributed by atoms with E-state index in [1.807, 2.05) is 30.3 Å². The van der Waals surface area contributed by atoms with Crippen molar-refractivity contribution in [1.29, 1.82) is 0 Å². The van der Waals surface area contributed by atoms with Crippen LogP contribution in [0, 0.1) is 5.92 Å². The van der Waals surface area contributed by atoms with E-state index in [-0.39, 0.29) is 25.1 Å². The summed E-state index contributed by atoms with van der Waals surface area (Å²) in [6.45, 7) is 2.12. The van der Waals surface area contributed by atoms with Crippen molar-refractivity contribution in [2.45, 2.75) is 25.8 Å². The molecule has 1 aliphatic heterocycles. The highest BCUT2D eigenvalue weighted by Crippen LogP contribution is 2.31. The van der Waals surface area contributed by atoms with Crippen LogP contribution in [0.15, 0.2) is 29.8 Å². The number of carbonyl (C=O) groups is 2. The van der Waals surface area contributed by atoms with Crippen LogP contribution in [-0.4, -0.2) is 41.1 Å². The summed E-state index contributed by atoms with van der Waals surface area (Å²) in [6.07, 6.45) is 3.74. The summed E-state index contributed by atoms with van der Waals surface area (Å²) in [5, 5.41) is 9.08. The second kappa shape index (κ2) is 5.83. The van der Waals surface area contributed by atoms with E-state index < -0.39 is 11.9 Å². The molecule has 0 spiro atoms. The van der Waals surface area contributed by atoms with Gasteiger partial charge in [-0.25, -0.2) is 0 Å². The first kappa shape index (κ1) is 14.6. The molecule has 1 atom stereocenters. The van der Waals surface area contributed by atoms with Crippen LogP contribution in [0.2, 0.25) is 0 Å². The molecule has 22 heavy (non-hydrogen) atoms. The molecule has 1 saturated carbocycles. The quantitative estimate of drug-likeness (QED) is 0.905. The Balaban J connectivity index is 1.79. The maximum Gasteiger partial charge on any atom is 0.308 e. The Morgan fingerprint density at radius 1 is 1.36 bits per heavy atom. The molecule has 1 aromatic carbocycles. The third-order valence-electron chi connectivity index (χ3n) is 4.05. The van der Waals surface area contributed by atoms with E-state index in [2.05, 4.69) is 0 Å². The van der Waals surface area contributed by atoms with Gasteiger partial charge in [-0.2, -0.15) is 0 Å². The molecule has 0 radical (unpaired) electrons. The predicted octanol–water partition coefficient (Wildman–Crippen LogP) is 2.17. The summed E-state index contributed by atoms with van der Waals surface area (Å²) in [5.41, 5.74) is 1.47. The molecular formula is C17H19NO4. The molecule has 0 saturated heterocycles. The normalized spacial score (nSPS) is 17.8. The van der Waals surface area contributed by atoms with E-state index in [4.69, 9.17) is 9.84 Å². The van der Waals surface area contributed by atoms with Crippen molar-refractivity contribution in [2.75, 3.05) is 13.2 Å². The lowest BCUT2D eigenvalue weighted by Gasteiger charge is -2.27. The molecule has 3 rings (SSSR count). The first-order valence-corrected chi connectivity index (χ1v) is 7.52. The Morgan fingerprint density at radius 2 is 2.09 bits per heavy atom. The largest absolute Gasteiger partial charge is 0.488 e. The third kappa shape index (κ3) is 2.98. The number of para-hydroxylation sites is 1. The molecular weight excluding hydrogens is 282 g/mol. The molecule has 1 aromatic rings. The Hall–Kier alpha value is -2.30. The van der Waals surface area contributed by atoms with E-state index >= 15 is 0 Å². The van der Waals surface area contributed by atoms with Gasteiger partial charge in [-0.3, -0.25) is 9.59 Å². The first-order chi connectivity index (χ1) is 10.6. The number of fused-ring (bicyclic) bond motifs is 1. The molecule has 1 heterocycles. The molecule has 0 aromatic heterocycles. The van der Waals surface area contributed by atoms with Crippen molar-refractivity contribution in [3.63, 3.8) is 0 Å². The number of hydrogen-bond acceptors (Lipinski definition) is 3. The number of carboxylic acid groups (broad SMARTS) is 1. The molecule has 1 amide bonds. The smallest absolute Gasteiger partial charge is 0.308 e. The van der Waals surface area contributed by atoms with E-state index in [0.717, 1.165) is 24.2 Å². The number of amides is 1. The summed E-state index contributed by atoms with van der Waals surface area (Å²) in [4.78, 5) is 25.5. The number of carboxylic acids is 1. The molecule has 0 unspecified atom stereocenters. The summed E-state index contributed by atoms with van der Waals surface area (Å²) in [7, 11) is 0. The fourth-order valence-electron chi connectivity index (χ4n) is 2.58. The zero-order valence-electron chi connectivity index (χ0n) is 12.5. The lowest BCUT2D eigenvalue weighted by molar-refractivity contribution is -0.142. The molecule has 116 valence electrons. The third-order valence-corrected chi connectivity index (χ3v) is 4.05. The lowest BCUT2D eigenvalue weighted by atomic mass is 10.1. The second-order valence-corrected chi connectivity index (χ2v) is 5.92. The van der Waals surface area contributed by atoms with E-state index in [9.17, 15) is 9.59 Å². The summed E-state index contributed by atoms with van der Waals surface area (Å²) in [5.74, 6) is -0.777. The number of nitrogens with zero attached hydrogens (tertiary/aromatic N) is 1. The first-order valence-electron chi connectivity index (χ1n) is 7.52. The van der Waals surface area contributed by atoms with Gasteiger partial charge >= 0.3 is 5.97 Å². The highest BCUT2D eigenvalue weighted by molar-refractivity contribution is 5.99. The second-order valence-electron chi connectivity index (χ2n) is 5.92. The molecule has 1 N–H and O–H groups in total. The van der Waals surface area contributed by atoms with Gasteiger partial charge in [0.15, 0.2) is 0 Å². The Labute approximate surface area is 129 Å². The van der Waals surface area contributed by atoms with Gasteiger partial charge < -0.3 is 14.7 Å². The van der Waals surface area contributed by atoms with E-state index in [1.54, 1.807) is 11.8 Å². The van der Waals surface area contributed by atoms with Gasteiger partial charge in [-0.15, -0.1) is 0 Å². The van der Waals surface area contributed by atoms with Crippen molar-refractivity contribution in [3.8, 4) is 5.75 Å². The number of benzene rings is 1. The maximum atomic E-state index is 12.7. The van der Waals surface area contributed by atoms with Crippen LogP contribution in [0.1, 0.15) is 25.3 Å². The zero-order chi connectivity index (χ0) is 15.7. The molecule has 1 aliphatic carbocycles. The predicted molar refractivity (Wildman–Crippen MR) is 81.4 cm³/mol. The minimum Gasteiger partial charge on any atom is -0.488 e. The lowest BCUT2D eigenvalue weighted by Crippen LogP contribution is -2.40. The van der Waals surface area contributed by atoms with Gasteiger partial charge in [-0.1, -0.05) is 25.1 Å². The van der Waals surface area contributed by atoms with Crippen LogP contribution in [0.25, 0.3) is 6.08 Å². The van der Waals surface area contributed by atoms with Crippen molar-refractivity contribution in [2.24, 2.45) is 5.92 Å². The van der Waals surface area contributed by atoms with Crippen LogP contribution in [0.4, 0.5) is 0 Å². The highest BCUT2D eigenvalue weighted by atomic mass is 16.5.